The third-order valence-electron chi connectivity index (χ3n) is 7.17. The fourth-order valence-corrected chi connectivity index (χ4v) is 4.89. The molecule has 1 aromatic carbocycles. The number of nitrogens with one attached hydrogen (secondary N) is 1. The second kappa shape index (κ2) is 9.38. The molecule has 2 aliphatic rings. The minimum atomic E-state index is 0. The second-order valence-corrected chi connectivity index (χ2v) is 9.73. The van der Waals surface area contributed by atoms with Crippen molar-refractivity contribution < 1.29 is 4.79 Å². The van der Waals surface area contributed by atoms with E-state index in [9.17, 15) is 4.79 Å². The van der Waals surface area contributed by atoms with Gasteiger partial charge in [-0.1, -0.05) is 13.0 Å². The van der Waals surface area contributed by atoms with Crippen LogP contribution in [0.1, 0.15) is 42.1 Å². The molecule has 182 valence electrons. The molecule has 0 bridgehead atoms. The molecule has 1 fully saturated rings. The van der Waals surface area contributed by atoms with Gasteiger partial charge >= 0.3 is 0 Å². The van der Waals surface area contributed by atoms with Gasteiger partial charge in [0, 0.05) is 45.0 Å². The predicted molar refractivity (Wildman–Crippen MR) is 137 cm³/mol. The van der Waals surface area contributed by atoms with Crippen LogP contribution in [0.2, 0.25) is 0 Å². The number of piperidine rings is 1. The Hall–Kier alpha value is -2.91. The number of halogens is 1. The highest BCUT2D eigenvalue weighted by Crippen LogP contribution is 2.37. The predicted octanol–water partition coefficient (Wildman–Crippen LogP) is 3.13. The zero-order chi connectivity index (χ0) is 23.2. The number of nitrogens with two attached hydrogens (primary N) is 1. The van der Waals surface area contributed by atoms with Gasteiger partial charge < -0.3 is 20.4 Å². The molecule has 9 nitrogen and oxygen atoms in total. The first kappa shape index (κ1) is 24.2. The van der Waals surface area contributed by atoms with Crippen molar-refractivity contribution in [2.45, 2.75) is 32.6 Å². The molecule has 0 atom stereocenters. The standard InChI is InChI=1S/C24H32N8O.ClH/c1-24(15-25)9-12-31(13-10-24)19-14-26-20-21(27-19)28-29-22(20)32-11-5-7-16-17(23(33)30(2)3)6-4-8-18(16)32;/h4,6,8,14H,5,7,9-13,15,25H2,1-3H3,(H,27,28,29);1H. The Morgan fingerprint density at radius 1 is 1.24 bits per heavy atom. The minimum absolute atomic E-state index is 0. The summed E-state index contributed by atoms with van der Waals surface area (Å²) in [6.07, 6.45) is 5.77. The van der Waals surface area contributed by atoms with Crippen LogP contribution in [0.25, 0.3) is 11.2 Å². The fourth-order valence-electron chi connectivity index (χ4n) is 4.89. The summed E-state index contributed by atoms with van der Waals surface area (Å²) < 4.78 is 0. The van der Waals surface area contributed by atoms with Crippen LogP contribution in [-0.4, -0.2) is 71.2 Å². The smallest absolute Gasteiger partial charge is 0.253 e. The molecule has 1 saturated heterocycles. The molecule has 0 saturated carbocycles. The molecule has 0 unspecified atom stereocenters. The van der Waals surface area contributed by atoms with Crippen molar-refractivity contribution >= 4 is 46.8 Å². The van der Waals surface area contributed by atoms with Gasteiger partial charge in [0.15, 0.2) is 17.0 Å². The number of amides is 1. The lowest BCUT2D eigenvalue weighted by atomic mass is 9.80. The number of carbonyl (C=O) groups is 1. The SMILES string of the molecule is CN(C)C(=O)c1cccc2c1CCCN2c1n[nH]c2nc(N3CCC(C)(CN)CC3)cnc12.Cl. The van der Waals surface area contributed by atoms with Crippen molar-refractivity contribution in [1.82, 2.24) is 25.1 Å². The number of rotatable bonds is 4. The quantitative estimate of drug-likeness (QED) is 0.585. The number of anilines is 3. The van der Waals surface area contributed by atoms with E-state index in [1.807, 2.05) is 18.3 Å². The van der Waals surface area contributed by atoms with E-state index in [0.717, 1.165) is 79.3 Å². The maximum Gasteiger partial charge on any atom is 0.253 e. The first-order chi connectivity index (χ1) is 15.9. The van der Waals surface area contributed by atoms with E-state index in [2.05, 4.69) is 33.0 Å². The lowest BCUT2D eigenvalue weighted by Crippen LogP contribution is -2.42. The van der Waals surface area contributed by atoms with Crippen LogP contribution in [0, 0.1) is 5.41 Å². The zero-order valence-corrected chi connectivity index (χ0v) is 20.9. The summed E-state index contributed by atoms with van der Waals surface area (Å²) in [5, 5.41) is 7.69. The zero-order valence-electron chi connectivity index (χ0n) is 20.0. The number of H-pyrrole nitrogens is 1. The molecule has 0 spiro atoms. The van der Waals surface area contributed by atoms with Crippen molar-refractivity contribution in [2.75, 3.05) is 50.1 Å². The Kier molecular flexibility index (Phi) is 6.69. The van der Waals surface area contributed by atoms with E-state index < -0.39 is 0 Å². The molecule has 3 aromatic rings. The van der Waals surface area contributed by atoms with Gasteiger partial charge in [0.2, 0.25) is 0 Å². The summed E-state index contributed by atoms with van der Waals surface area (Å²) in [4.78, 5) is 28.4. The van der Waals surface area contributed by atoms with Gasteiger partial charge in [0.1, 0.15) is 5.82 Å². The summed E-state index contributed by atoms with van der Waals surface area (Å²) in [5.74, 6) is 1.65. The van der Waals surface area contributed by atoms with Crippen LogP contribution in [-0.2, 0) is 6.42 Å². The van der Waals surface area contributed by atoms with Crippen LogP contribution in [0.4, 0.5) is 17.3 Å². The molecule has 3 N–H and O–H groups in total. The molecule has 0 radical (unpaired) electrons. The maximum absolute atomic E-state index is 12.7. The van der Waals surface area contributed by atoms with Gasteiger partial charge in [-0.3, -0.25) is 9.89 Å². The average molecular weight is 485 g/mol. The second-order valence-electron chi connectivity index (χ2n) is 9.73. The third kappa shape index (κ3) is 4.18. The van der Waals surface area contributed by atoms with E-state index in [4.69, 9.17) is 15.7 Å². The number of aromatic nitrogens is 4. The monoisotopic (exact) mass is 484 g/mol. The van der Waals surface area contributed by atoms with Gasteiger partial charge in [0.25, 0.3) is 5.91 Å². The number of aromatic amines is 1. The highest BCUT2D eigenvalue weighted by Gasteiger charge is 2.30. The largest absolute Gasteiger partial charge is 0.355 e. The maximum atomic E-state index is 12.7. The first-order valence-electron chi connectivity index (χ1n) is 11.7. The third-order valence-corrected chi connectivity index (χ3v) is 7.17. The fraction of sp³-hybridized carbons (Fsp3) is 0.500. The molecule has 5 rings (SSSR count). The van der Waals surface area contributed by atoms with E-state index >= 15 is 0 Å². The van der Waals surface area contributed by atoms with Crippen LogP contribution in [0.5, 0.6) is 0 Å². The summed E-state index contributed by atoms with van der Waals surface area (Å²) in [6.45, 7) is 5.65. The van der Waals surface area contributed by atoms with Crippen LogP contribution >= 0.6 is 12.4 Å². The normalized spacial score (nSPS) is 17.3. The molecule has 4 heterocycles. The molecule has 2 aromatic heterocycles. The van der Waals surface area contributed by atoms with Crippen molar-refractivity contribution in [3.8, 4) is 0 Å². The van der Waals surface area contributed by atoms with E-state index in [-0.39, 0.29) is 23.7 Å². The van der Waals surface area contributed by atoms with E-state index in [1.54, 1.807) is 19.0 Å². The van der Waals surface area contributed by atoms with E-state index in [1.165, 1.54) is 0 Å². The van der Waals surface area contributed by atoms with E-state index in [0.29, 0.717) is 12.2 Å². The van der Waals surface area contributed by atoms with Crippen molar-refractivity contribution in [3.63, 3.8) is 0 Å². The molecular weight excluding hydrogens is 452 g/mol. The Labute approximate surface area is 206 Å². The van der Waals surface area contributed by atoms with Crippen LogP contribution in [0.15, 0.2) is 24.4 Å². The van der Waals surface area contributed by atoms with Crippen molar-refractivity contribution in [3.05, 3.63) is 35.5 Å². The Balaban J connectivity index is 0.00000274. The number of fused-ring (bicyclic) bond motifs is 2. The molecule has 1 amide bonds. The average Bonchev–Trinajstić information content (AvgIpc) is 3.26. The number of benzene rings is 1. The van der Waals surface area contributed by atoms with Crippen LogP contribution < -0.4 is 15.5 Å². The molecule has 10 heteroatoms. The highest BCUT2D eigenvalue weighted by atomic mass is 35.5. The molecule has 2 aliphatic heterocycles. The number of carbonyl (C=O) groups excluding carboxylic acids is 1. The van der Waals surface area contributed by atoms with Gasteiger partial charge in [-0.25, -0.2) is 9.97 Å². The summed E-state index contributed by atoms with van der Waals surface area (Å²) in [6, 6.07) is 5.91. The number of nitrogens with zero attached hydrogens (tertiary/aromatic N) is 6. The Morgan fingerprint density at radius 2 is 2.00 bits per heavy atom. The van der Waals surface area contributed by atoms with Crippen molar-refractivity contribution in [2.24, 2.45) is 11.1 Å². The van der Waals surface area contributed by atoms with Gasteiger partial charge in [-0.2, -0.15) is 5.10 Å². The minimum Gasteiger partial charge on any atom is -0.355 e. The molecule has 34 heavy (non-hydrogen) atoms. The topological polar surface area (TPSA) is 107 Å². The first-order valence-corrected chi connectivity index (χ1v) is 11.7. The summed E-state index contributed by atoms with van der Waals surface area (Å²) in [5.41, 5.74) is 10.4. The number of hydrogen-bond donors (Lipinski definition) is 2. The van der Waals surface area contributed by atoms with Gasteiger partial charge in [0.05, 0.1) is 6.20 Å². The summed E-state index contributed by atoms with van der Waals surface area (Å²) in [7, 11) is 3.57. The molecular formula is C24H33ClN8O. The Bertz CT molecular complexity index is 1180. The van der Waals surface area contributed by atoms with Crippen molar-refractivity contribution in [1.29, 1.82) is 0 Å². The lowest BCUT2D eigenvalue weighted by Gasteiger charge is -2.39. The lowest BCUT2D eigenvalue weighted by molar-refractivity contribution is 0.0826. The van der Waals surface area contributed by atoms with Gasteiger partial charge in [-0.05, 0) is 55.3 Å². The summed E-state index contributed by atoms with van der Waals surface area (Å²) >= 11 is 0. The van der Waals surface area contributed by atoms with Crippen LogP contribution in [0.3, 0.4) is 0 Å². The Morgan fingerprint density at radius 3 is 2.71 bits per heavy atom. The molecule has 0 aliphatic carbocycles. The van der Waals surface area contributed by atoms with Gasteiger partial charge in [-0.15, -0.1) is 12.4 Å². The number of hydrogen-bond acceptors (Lipinski definition) is 7. The highest BCUT2D eigenvalue weighted by molar-refractivity contribution is 5.98.